The zero-order valence-corrected chi connectivity index (χ0v) is 16.7. The number of nitrogens with zero attached hydrogens (tertiary/aromatic N) is 1. The number of piperidine rings is 2. The van der Waals surface area contributed by atoms with Crippen LogP contribution in [0.1, 0.15) is 38.7 Å². The first kappa shape index (κ1) is 20.0. The van der Waals surface area contributed by atoms with Crippen molar-refractivity contribution in [3.8, 4) is 11.5 Å². The Kier molecular flexibility index (Phi) is 6.27. The van der Waals surface area contributed by atoms with Crippen molar-refractivity contribution in [1.82, 2.24) is 10.2 Å². The second-order valence-corrected chi connectivity index (χ2v) is 8.22. The molecule has 2 N–H and O–H groups in total. The van der Waals surface area contributed by atoms with Crippen LogP contribution in [0.4, 0.5) is 0 Å². The van der Waals surface area contributed by atoms with Gasteiger partial charge in [0.05, 0.1) is 25.2 Å². The maximum absolute atomic E-state index is 12.5. The number of carbonyl (C=O) groups is 1. The average molecular weight is 376 g/mol. The maximum atomic E-state index is 12.5. The third-order valence-corrected chi connectivity index (χ3v) is 5.61. The minimum Gasteiger partial charge on any atom is -0.493 e. The van der Waals surface area contributed by atoms with Crippen molar-refractivity contribution < 1.29 is 19.4 Å². The van der Waals surface area contributed by atoms with Crippen LogP contribution >= 0.6 is 0 Å². The zero-order chi connectivity index (χ0) is 19.4. The van der Waals surface area contributed by atoms with Crippen molar-refractivity contribution in [2.75, 3.05) is 33.4 Å². The summed E-state index contributed by atoms with van der Waals surface area (Å²) in [6.07, 6.45) is 1.74. The van der Waals surface area contributed by atoms with Crippen molar-refractivity contribution >= 4 is 5.91 Å². The van der Waals surface area contributed by atoms with Crippen molar-refractivity contribution in [1.29, 1.82) is 0 Å². The Labute approximate surface area is 161 Å². The number of benzene rings is 1. The van der Waals surface area contributed by atoms with E-state index in [4.69, 9.17) is 9.47 Å². The van der Waals surface area contributed by atoms with E-state index in [1.54, 1.807) is 7.11 Å². The van der Waals surface area contributed by atoms with Crippen LogP contribution in [0.5, 0.6) is 11.5 Å². The first-order valence-corrected chi connectivity index (χ1v) is 9.93. The summed E-state index contributed by atoms with van der Waals surface area (Å²) in [5, 5.41) is 13.5. The van der Waals surface area contributed by atoms with Gasteiger partial charge in [0.15, 0.2) is 11.5 Å². The minimum absolute atomic E-state index is 0.000893. The molecule has 0 unspecified atom stereocenters. The molecule has 2 atom stereocenters. The molecule has 6 nitrogen and oxygen atoms in total. The lowest BCUT2D eigenvalue weighted by atomic mass is 9.71. The summed E-state index contributed by atoms with van der Waals surface area (Å²) in [7, 11) is 1.65. The van der Waals surface area contributed by atoms with Gasteiger partial charge < -0.3 is 19.9 Å². The first-order valence-electron chi connectivity index (χ1n) is 9.93. The minimum atomic E-state index is -0.666. The highest BCUT2D eigenvalue weighted by atomic mass is 16.5. The van der Waals surface area contributed by atoms with E-state index in [-0.39, 0.29) is 5.91 Å². The largest absolute Gasteiger partial charge is 0.493 e. The third kappa shape index (κ3) is 4.38. The molecule has 0 aromatic heterocycles. The fourth-order valence-electron chi connectivity index (χ4n) is 4.11. The molecular formula is C21H32N2O4. The second kappa shape index (κ2) is 8.48. The quantitative estimate of drug-likeness (QED) is 0.796. The molecule has 1 amide bonds. The number of hydrogen-bond acceptors (Lipinski definition) is 5. The standard InChI is InChI=1S/C21H32N2O4/c1-15(2)13-27-17-6-5-16(11-18(17)26-3)12-23-10-7-19(24)21(14-23)8-4-9-22-20(21)25/h5-6,11,15,19,24H,4,7-10,12-14H2,1-3H3,(H,22,25)/t19-,21-/m1/s1. The zero-order valence-electron chi connectivity index (χ0n) is 16.7. The van der Waals surface area contributed by atoms with Gasteiger partial charge in [0.1, 0.15) is 0 Å². The summed E-state index contributed by atoms with van der Waals surface area (Å²) in [5.41, 5.74) is 0.451. The van der Waals surface area contributed by atoms with Gasteiger partial charge in [0.2, 0.25) is 5.91 Å². The fraction of sp³-hybridized carbons (Fsp3) is 0.667. The predicted molar refractivity (Wildman–Crippen MR) is 104 cm³/mol. The Hall–Kier alpha value is -1.79. The number of aliphatic hydroxyl groups is 1. The molecule has 6 heteroatoms. The molecule has 1 aromatic rings. The Morgan fingerprint density at radius 1 is 1.37 bits per heavy atom. The molecule has 2 aliphatic rings. The molecule has 150 valence electrons. The molecule has 2 aliphatic heterocycles. The Bertz CT molecular complexity index is 664. The van der Waals surface area contributed by atoms with Gasteiger partial charge in [-0.1, -0.05) is 19.9 Å². The summed E-state index contributed by atoms with van der Waals surface area (Å²) in [6, 6.07) is 6.02. The smallest absolute Gasteiger partial charge is 0.230 e. The number of methoxy groups -OCH3 is 1. The number of hydrogen-bond donors (Lipinski definition) is 2. The van der Waals surface area contributed by atoms with Crippen molar-refractivity contribution in [2.45, 2.75) is 45.8 Å². The van der Waals surface area contributed by atoms with E-state index in [1.165, 1.54) is 0 Å². The number of rotatable bonds is 6. The number of nitrogens with one attached hydrogen (secondary N) is 1. The number of carbonyl (C=O) groups excluding carboxylic acids is 1. The molecule has 1 aromatic carbocycles. The van der Waals surface area contributed by atoms with Crippen molar-refractivity contribution in [3.05, 3.63) is 23.8 Å². The van der Waals surface area contributed by atoms with Gasteiger partial charge in [-0.05, 0) is 42.9 Å². The van der Waals surface area contributed by atoms with Crippen LogP contribution in [0.2, 0.25) is 0 Å². The van der Waals surface area contributed by atoms with Gasteiger partial charge in [0, 0.05) is 26.2 Å². The number of likely N-dealkylation sites (tertiary alicyclic amines) is 1. The monoisotopic (exact) mass is 376 g/mol. The van der Waals surface area contributed by atoms with E-state index in [9.17, 15) is 9.90 Å². The Morgan fingerprint density at radius 2 is 2.19 bits per heavy atom. The molecule has 0 aliphatic carbocycles. The van der Waals surface area contributed by atoms with Crippen molar-refractivity contribution in [3.63, 3.8) is 0 Å². The molecule has 3 rings (SSSR count). The highest BCUT2D eigenvalue weighted by Gasteiger charge is 2.49. The normalized spacial score (nSPS) is 26.3. The van der Waals surface area contributed by atoms with Gasteiger partial charge in [0.25, 0.3) is 0 Å². The molecule has 0 bridgehead atoms. The van der Waals surface area contributed by atoms with Crippen LogP contribution in [-0.4, -0.2) is 55.4 Å². The molecular weight excluding hydrogens is 344 g/mol. The van der Waals surface area contributed by atoms with E-state index in [0.29, 0.717) is 32.0 Å². The lowest BCUT2D eigenvalue weighted by Crippen LogP contribution is -2.61. The van der Waals surface area contributed by atoms with Crippen molar-refractivity contribution in [2.24, 2.45) is 11.3 Å². The van der Waals surface area contributed by atoms with Gasteiger partial charge in [-0.15, -0.1) is 0 Å². The second-order valence-electron chi connectivity index (χ2n) is 8.22. The van der Waals surface area contributed by atoms with Gasteiger partial charge in [-0.3, -0.25) is 9.69 Å². The summed E-state index contributed by atoms with van der Waals surface area (Å²) >= 11 is 0. The first-order chi connectivity index (χ1) is 12.9. The lowest BCUT2D eigenvalue weighted by Gasteiger charge is -2.47. The highest BCUT2D eigenvalue weighted by Crippen LogP contribution is 2.38. The van der Waals surface area contributed by atoms with E-state index in [1.807, 2.05) is 12.1 Å². The van der Waals surface area contributed by atoms with Crippen LogP contribution in [0.3, 0.4) is 0 Å². The van der Waals surface area contributed by atoms with E-state index in [2.05, 4.69) is 30.1 Å². The van der Waals surface area contributed by atoms with E-state index in [0.717, 1.165) is 43.0 Å². The number of amides is 1. The highest BCUT2D eigenvalue weighted by molar-refractivity contribution is 5.84. The molecule has 0 radical (unpaired) electrons. The topological polar surface area (TPSA) is 71.0 Å². The van der Waals surface area contributed by atoms with Gasteiger partial charge in [-0.2, -0.15) is 0 Å². The Balaban J connectivity index is 1.70. The average Bonchev–Trinajstić information content (AvgIpc) is 2.65. The van der Waals surface area contributed by atoms with Crippen LogP contribution in [0.25, 0.3) is 0 Å². The third-order valence-electron chi connectivity index (χ3n) is 5.61. The van der Waals surface area contributed by atoms with Crippen LogP contribution in [0, 0.1) is 11.3 Å². The van der Waals surface area contributed by atoms with E-state index < -0.39 is 11.5 Å². The molecule has 2 saturated heterocycles. The molecule has 27 heavy (non-hydrogen) atoms. The van der Waals surface area contributed by atoms with E-state index >= 15 is 0 Å². The summed E-state index contributed by atoms with van der Waals surface area (Å²) in [5.74, 6) is 1.94. The molecule has 1 spiro atoms. The number of ether oxygens (including phenoxy) is 2. The van der Waals surface area contributed by atoms with Gasteiger partial charge >= 0.3 is 0 Å². The maximum Gasteiger partial charge on any atom is 0.230 e. The SMILES string of the molecule is COc1cc(CN2CC[C@@H](O)[C@@]3(CCCNC3=O)C2)ccc1OCC(C)C. The fourth-order valence-corrected chi connectivity index (χ4v) is 4.11. The Morgan fingerprint density at radius 3 is 2.89 bits per heavy atom. The molecule has 2 fully saturated rings. The van der Waals surface area contributed by atoms with Crippen LogP contribution < -0.4 is 14.8 Å². The summed E-state index contributed by atoms with van der Waals surface area (Å²) in [6.45, 7) is 7.69. The lowest BCUT2D eigenvalue weighted by molar-refractivity contribution is -0.149. The van der Waals surface area contributed by atoms with Crippen LogP contribution in [-0.2, 0) is 11.3 Å². The predicted octanol–water partition coefficient (Wildman–Crippen LogP) is 2.19. The molecule has 0 saturated carbocycles. The summed E-state index contributed by atoms with van der Waals surface area (Å²) < 4.78 is 11.3. The summed E-state index contributed by atoms with van der Waals surface area (Å²) in [4.78, 5) is 14.8. The molecule has 2 heterocycles. The number of aliphatic hydroxyl groups excluding tert-OH is 1. The van der Waals surface area contributed by atoms with Gasteiger partial charge in [-0.25, -0.2) is 0 Å². The van der Waals surface area contributed by atoms with Crippen LogP contribution in [0.15, 0.2) is 18.2 Å².